The van der Waals surface area contributed by atoms with Crippen molar-refractivity contribution in [2.75, 3.05) is 6.61 Å². The van der Waals surface area contributed by atoms with E-state index in [0.717, 1.165) is 6.07 Å². The highest BCUT2D eigenvalue weighted by Crippen LogP contribution is 2.09. The van der Waals surface area contributed by atoms with Gasteiger partial charge < -0.3 is 10.8 Å². The van der Waals surface area contributed by atoms with Gasteiger partial charge in [-0.2, -0.15) is 0 Å². The molecule has 0 bridgehead atoms. The summed E-state index contributed by atoms with van der Waals surface area (Å²) in [6.07, 6.45) is 1.09. The number of aliphatic hydroxyl groups is 1. The molecule has 0 saturated heterocycles. The lowest BCUT2D eigenvalue weighted by molar-refractivity contribution is 0.0999. The van der Waals surface area contributed by atoms with Gasteiger partial charge >= 0.3 is 0 Å². The summed E-state index contributed by atoms with van der Waals surface area (Å²) in [7, 11) is 0. The Kier molecular flexibility index (Phi) is 4.49. The minimum Gasteiger partial charge on any atom is -0.396 e. The van der Waals surface area contributed by atoms with Gasteiger partial charge in [0, 0.05) is 18.6 Å². The predicted molar refractivity (Wildman–Crippen MR) is 58.1 cm³/mol. The third-order valence-electron chi connectivity index (χ3n) is 1.93. The Labute approximate surface area is 93.1 Å². The number of halogens is 1. The molecule has 0 radical (unpaired) electrons. The number of rotatable bonds is 3. The van der Waals surface area contributed by atoms with Gasteiger partial charge in [0.25, 0.3) is 0 Å². The molecule has 0 aliphatic rings. The maximum absolute atomic E-state index is 12.9. The quantitative estimate of drug-likeness (QED) is 0.592. The first kappa shape index (κ1) is 12.2. The van der Waals surface area contributed by atoms with E-state index < -0.39 is 11.7 Å². The maximum atomic E-state index is 12.9. The van der Waals surface area contributed by atoms with Gasteiger partial charge in [-0.15, -0.1) is 0 Å². The molecule has 3 N–H and O–H groups in total. The summed E-state index contributed by atoms with van der Waals surface area (Å²) in [5, 5.41) is 8.55. The largest absolute Gasteiger partial charge is 0.396 e. The summed E-state index contributed by atoms with van der Waals surface area (Å²) in [5.41, 5.74) is 5.59. The van der Waals surface area contributed by atoms with Gasteiger partial charge in [-0.3, -0.25) is 4.79 Å². The molecule has 0 unspecified atom stereocenters. The van der Waals surface area contributed by atoms with Crippen LogP contribution in [0.15, 0.2) is 18.2 Å². The number of aliphatic hydroxyl groups excluding tert-OH is 1. The van der Waals surface area contributed by atoms with Gasteiger partial charge in [0.15, 0.2) is 0 Å². The van der Waals surface area contributed by atoms with Gasteiger partial charge in [-0.05, 0) is 24.6 Å². The molecule has 1 rings (SSSR count). The first-order valence-corrected chi connectivity index (χ1v) is 4.84. The average molecular weight is 221 g/mol. The van der Waals surface area contributed by atoms with E-state index in [2.05, 4.69) is 11.8 Å². The zero-order valence-corrected chi connectivity index (χ0v) is 8.66. The Morgan fingerprint density at radius 2 is 2.25 bits per heavy atom. The Morgan fingerprint density at radius 3 is 2.88 bits per heavy atom. The molecule has 0 heterocycles. The topological polar surface area (TPSA) is 63.3 Å². The SMILES string of the molecule is NC(=O)c1cc(F)ccc1C#CCCCO. The van der Waals surface area contributed by atoms with Crippen molar-refractivity contribution in [3.63, 3.8) is 0 Å². The average Bonchev–Trinajstić information content (AvgIpc) is 2.26. The van der Waals surface area contributed by atoms with Crippen molar-refractivity contribution >= 4 is 5.91 Å². The number of amides is 1. The van der Waals surface area contributed by atoms with Crippen molar-refractivity contribution in [3.8, 4) is 11.8 Å². The third-order valence-corrected chi connectivity index (χ3v) is 1.93. The molecule has 1 aromatic rings. The van der Waals surface area contributed by atoms with Crippen LogP contribution in [0.3, 0.4) is 0 Å². The number of carbonyl (C=O) groups excluding carboxylic acids is 1. The minimum absolute atomic E-state index is 0.0702. The van der Waals surface area contributed by atoms with Crippen LogP contribution in [-0.2, 0) is 0 Å². The lowest BCUT2D eigenvalue weighted by atomic mass is 10.1. The molecule has 4 heteroatoms. The second-order valence-electron chi connectivity index (χ2n) is 3.18. The Morgan fingerprint density at radius 1 is 1.50 bits per heavy atom. The Bertz CT molecular complexity index is 446. The minimum atomic E-state index is -0.703. The van der Waals surface area contributed by atoms with E-state index in [1.165, 1.54) is 12.1 Å². The molecule has 84 valence electrons. The van der Waals surface area contributed by atoms with Gasteiger partial charge in [-0.25, -0.2) is 4.39 Å². The van der Waals surface area contributed by atoms with E-state index in [-0.39, 0.29) is 12.2 Å². The van der Waals surface area contributed by atoms with Crippen molar-refractivity contribution in [3.05, 3.63) is 35.1 Å². The Balaban J connectivity index is 2.93. The first-order valence-electron chi connectivity index (χ1n) is 4.84. The molecule has 1 amide bonds. The summed E-state index contributed by atoms with van der Waals surface area (Å²) in [5.74, 6) is 4.28. The number of primary amides is 1. The summed E-state index contributed by atoms with van der Waals surface area (Å²) < 4.78 is 12.9. The van der Waals surface area contributed by atoms with Crippen molar-refractivity contribution in [1.29, 1.82) is 0 Å². The molecule has 0 aliphatic heterocycles. The third kappa shape index (κ3) is 3.37. The molecule has 16 heavy (non-hydrogen) atoms. The maximum Gasteiger partial charge on any atom is 0.250 e. The second-order valence-corrected chi connectivity index (χ2v) is 3.18. The molecule has 0 atom stereocenters. The molecule has 0 aliphatic carbocycles. The number of carbonyl (C=O) groups is 1. The molecular formula is C12H12FNO2. The second kappa shape index (κ2) is 5.89. The van der Waals surface area contributed by atoms with E-state index in [1.807, 2.05) is 0 Å². The molecular weight excluding hydrogens is 209 g/mol. The normalized spacial score (nSPS) is 9.38. The summed E-state index contributed by atoms with van der Waals surface area (Å²) in [4.78, 5) is 11.0. The highest BCUT2D eigenvalue weighted by atomic mass is 19.1. The van der Waals surface area contributed by atoms with E-state index >= 15 is 0 Å². The van der Waals surface area contributed by atoms with Crippen LogP contribution >= 0.6 is 0 Å². The fourth-order valence-electron chi connectivity index (χ4n) is 1.15. The van der Waals surface area contributed by atoms with E-state index in [9.17, 15) is 9.18 Å². The molecule has 0 aromatic heterocycles. The van der Waals surface area contributed by atoms with Gasteiger partial charge in [0.1, 0.15) is 5.82 Å². The van der Waals surface area contributed by atoms with Crippen LogP contribution in [0.4, 0.5) is 4.39 Å². The van der Waals surface area contributed by atoms with E-state index in [4.69, 9.17) is 10.8 Å². The van der Waals surface area contributed by atoms with Crippen molar-refractivity contribution in [2.45, 2.75) is 12.8 Å². The van der Waals surface area contributed by atoms with Gasteiger partial charge in [-0.1, -0.05) is 11.8 Å². The smallest absolute Gasteiger partial charge is 0.250 e. The van der Waals surface area contributed by atoms with Crippen LogP contribution in [0, 0.1) is 17.7 Å². The van der Waals surface area contributed by atoms with Crippen molar-refractivity contribution < 1.29 is 14.3 Å². The van der Waals surface area contributed by atoms with Gasteiger partial charge in [0.2, 0.25) is 5.91 Å². The predicted octanol–water partition coefficient (Wildman–Crippen LogP) is 1.05. The fraction of sp³-hybridized carbons (Fsp3) is 0.250. The standard InChI is InChI=1S/C12H12FNO2/c13-10-6-5-9(4-2-1-3-7-15)11(8-10)12(14)16/h5-6,8,15H,1,3,7H2,(H2,14,16). The lowest BCUT2D eigenvalue weighted by Crippen LogP contribution is -2.13. The number of benzene rings is 1. The molecule has 0 fully saturated rings. The number of nitrogens with two attached hydrogens (primary N) is 1. The molecule has 1 aromatic carbocycles. The highest BCUT2D eigenvalue weighted by molar-refractivity contribution is 5.95. The molecule has 0 saturated carbocycles. The van der Waals surface area contributed by atoms with E-state index in [1.54, 1.807) is 0 Å². The van der Waals surface area contributed by atoms with Crippen molar-refractivity contribution in [2.24, 2.45) is 5.73 Å². The van der Waals surface area contributed by atoms with Crippen LogP contribution < -0.4 is 5.73 Å². The van der Waals surface area contributed by atoms with Crippen LogP contribution in [-0.4, -0.2) is 17.6 Å². The fourth-order valence-corrected chi connectivity index (χ4v) is 1.15. The number of unbranched alkanes of at least 4 members (excludes halogenated alkanes) is 1. The number of hydrogen-bond acceptors (Lipinski definition) is 2. The molecule has 3 nitrogen and oxygen atoms in total. The zero-order chi connectivity index (χ0) is 12.0. The first-order chi connectivity index (χ1) is 7.65. The van der Waals surface area contributed by atoms with Crippen LogP contribution in [0.25, 0.3) is 0 Å². The molecule has 0 spiro atoms. The van der Waals surface area contributed by atoms with Gasteiger partial charge in [0.05, 0.1) is 5.56 Å². The highest BCUT2D eigenvalue weighted by Gasteiger charge is 2.07. The van der Waals surface area contributed by atoms with E-state index in [0.29, 0.717) is 18.4 Å². The lowest BCUT2D eigenvalue weighted by Gasteiger charge is -1.99. The van der Waals surface area contributed by atoms with Crippen LogP contribution in [0.5, 0.6) is 0 Å². The summed E-state index contributed by atoms with van der Waals surface area (Å²) in [6.45, 7) is 0.0702. The van der Waals surface area contributed by atoms with Crippen LogP contribution in [0.2, 0.25) is 0 Å². The monoisotopic (exact) mass is 221 g/mol. The summed E-state index contributed by atoms with van der Waals surface area (Å²) >= 11 is 0. The zero-order valence-electron chi connectivity index (χ0n) is 8.66. The van der Waals surface area contributed by atoms with Crippen molar-refractivity contribution in [1.82, 2.24) is 0 Å². The van der Waals surface area contributed by atoms with Crippen LogP contribution in [0.1, 0.15) is 28.8 Å². The number of hydrogen-bond donors (Lipinski definition) is 2. The Hall–Kier alpha value is -1.86. The summed E-state index contributed by atoms with van der Waals surface area (Å²) in [6, 6.07) is 3.71.